The fourth-order valence-electron chi connectivity index (χ4n) is 2.28. The Hall–Kier alpha value is -1.65. The van der Waals surface area contributed by atoms with Crippen LogP contribution in [0.5, 0.6) is 0 Å². The van der Waals surface area contributed by atoms with Gasteiger partial charge in [-0.1, -0.05) is 39.8 Å². The summed E-state index contributed by atoms with van der Waals surface area (Å²) in [7, 11) is -5.67. The first-order valence-electron chi connectivity index (χ1n) is 7.26. The summed E-state index contributed by atoms with van der Waals surface area (Å²) in [6.07, 6.45) is 4.34. The minimum atomic E-state index is -5.67. The van der Waals surface area contributed by atoms with E-state index in [9.17, 15) is 13.3 Å². The van der Waals surface area contributed by atoms with Gasteiger partial charge in [0.25, 0.3) is 5.22 Å². The summed E-state index contributed by atoms with van der Waals surface area (Å²) in [4.78, 5) is 21.9. The normalized spacial score (nSPS) is 13.5. The molecule has 0 amide bonds. The third-order valence-corrected chi connectivity index (χ3v) is 6.34. The SMILES string of the molecule is O=P(O)(O)C(F)(F)c1ccc(C(Sc2nnco2)c2ccncc2)cc1Br. The summed E-state index contributed by atoms with van der Waals surface area (Å²) in [5, 5.41) is 7.30. The summed E-state index contributed by atoms with van der Waals surface area (Å²) in [6.45, 7) is 0. The van der Waals surface area contributed by atoms with Gasteiger partial charge in [0.1, 0.15) is 0 Å². The summed E-state index contributed by atoms with van der Waals surface area (Å²) >= 11 is 4.20. The van der Waals surface area contributed by atoms with E-state index in [4.69, 9.17) is 14.2 Å². The number of hydrogen-bond donors (Lipinski definition) is 2. The maximum Gasteiger partial charge on any atom is 0.399 e. The minimum absolute atomic E-state index is 0.126. The monoisotopic (exact) mass is 477 g/mol. The molecule has 0 fully saturated rings. The highest BCUT2D eigenvalue weighted by molar-refractivity contribution is 9.10. The average molecular weight is 478 g/mol. The molecule has 2 heterocycles. The van der Waals surface area contributed by atoms with Crippen LogP contribution in [-0.4, -0.2) is 25.0 Å². The highest BCUT2D eigenvalue weighted by Gasteiger charge is 2.51. The second-order valence-electron chi connectivity index (χ2n) is 5.31. The van der Waals surface area contributed by atoms with Gasteiger partial charge in [-0.2, -0.15) is 8.78 Å². The molecule has 3 rings (SSSR count). The largest absolute Gasteiger partial charge is 0.419 e. The molecule has 0 bridgehead atoms. The van der Waals surface area contributed by atoms with Crippen molar-refractivity contribution in [2.75, 3.05) is 0 Å². The zero-order valence-corrected chi connectivity index (χ0v) is 16.5. The molecule has 0 saturated carbocycles. The lowest BCUT2D eigenvalue weighted by molar-refractivity contribution is 0.0557. The van der Waals surface area contributed by atoms with Crippen LogP contribution in [-0.2, 0) is 10.2 Å². The molecular weight excluding hydrogens is 467 g/mol. The zero-order chi connectivity index (χ0) is 19.7. The lowest BCUT2D eigenvalue weighted by atomic mass is 10.0. The van der Waals surface area contributed by atoms with Gasteiger partial charge in [-0.3, -0.25) is 9.55 Å². The fraction of sp³-hybridized carbons (Fsp3) is 0.133. The Kier molecular flexibility index (Phi) is 5.78. The van der Waals surface area contributed by atoms with Crippen LogP contribution in [0.15, 0.2) is 63.2 Å². The van der Waals surface area contributed by atoms with Crippen molar-refractivity contribution in [2.45, 2.75) is 16.1 Å². The standard InChI is InChI=1S/C15H11BrF2N3O4PS/c16-12-7-10(1-2-11(12)15(17,18)26(22,23)24)13(9-3-5-19-6-4-9)27-14-21-20-8-25-14/h1-8,13H,(H2,22,23,24). The Morgan fingerprint density at radius 1 is 1.19 bits per heavy atom. The molecule has 0 aliphatic rings. The number of alkyl halides is 2. The molecule has 1 aromatic carbocycles. The Balaban J connectivity index is 2.03. The fourth-order valence-corrected chi connectivity index (χ4v) is 4.56. The molecule has 27 heavy (non-hydrogen) atoms. The van der Waals surface area contributed by atoms with Crippen LogP contribution in [0.25, 0.3) is 0 Å². The van der Waals surface area contributed by atoms with Crippen LogP contribution in [0.1, 0.15) is 21.9 Å². The molecule has 1 unspecified atom stereocenters. The molecule has 0 radical (unpaired) electrons. The van der Waals surface area contributed by atoms with Gasteiger partial charge in [-0.25, -0.2) is 0 Å². The number of rotatable bonds is 6. The minimum Gasteiger partial charge on any atom is -0.419 e. The van der Waals surface area contributed by atoms with Crippen LogP contribution in [0.2, 0.25) is 0 Å². The Bertz CT molecular complexity index is 972. The third kappa shape index (κ3) is 4.27. The quantitative estimate of drug-likeness (QED) is 0.398. The van der Waals surface area contributed by atoms with E-state index >= 15 is 0 Å². The van der Waals surface area contributed by atoms with Crippen molar-refractivity contribution in [2.24, 2.45) is 0 Å². The molecular formula is C15H11BrF2N3O4PS. The van der Waals surface area contributed by atoms with E-state index in [2.05, 4.69) is 31.1 Å². The van der Waals surface area contributed by atoms with Crippen molar-refractivity contribution >= 4 is 35.3 Å². The van der Waals surface area contributed by atoms with Gasteiger partial charge in [0.2, 0.25) is 6.39 Å². The smallest absolute Gasteiger partial charge is 0.399 e. The highest BCUT2D eigenvalue weighted by Crippen LogP contribution is 2.60. The molecule has 142 valence electrons. The Labute approximate surface area is 164 Å². The number of aromatic nitrogens is 3. The van der Waals surface area contributed by atoms with Gasteiger partial charge in [-0.15, -0.1) is 10.2 Å². The van der Waals surface area contributed by atoms with Crippen LogP contribution >= 0.6 is 35.3 Å². The molecule has 0 aliphatic heterocycles. The van der Waals surface area contributed by atoms with Crippen molar-refractivity contribution in [3.05, 3.63) is 70.3 Å². The van der Waals surface area contributed by atoms with Crippen LogP contribution in [0, 0.1) is 0 Å². The second-order valence-corrected chi connectivity index (χ2v) is 8.87. The molecule has 2 N–H and O–H groups in total. The van der Waals surface area contributed by atoms with Gasteiger partial charge in [0.15, 0.2) is 0 Å². The van der Waals surface area contributed by atoms with Crippen molar-refractivity contribution in [1.82, 2.24) is 15.2 Å². The molecule has 3 aromatic rings. The first-order valence-corrected chi connectivity index (χ1v) is 10.5. The topological polar surface area (TPSA) is 109 Å². The first kappa shape index (κ1) is 20.1. The molecule has 1 atom stereocenters. The molecule has 0 aliphatic carbocycles. The van der Waals surface area contributed by atoms with Crippen molar-refractivity contribution in [3.8, 4) is 0 Å². The lowest BCUT2D eigenvalue weighted by Gasteiger charge is -2.21. The molecule has 12 heteroatoms. The average Bonchev–Trinajstić information content (AvgIpc) is 3.12. The van der Waals surface area contributed by atoms with Crippen LogP contribution in [0.4, 0.5) is 8.78 Å². The maximum absolute atomic E-state index is 14.0. The van der Waals surface area contributed by atoms with E-state index in [1.807, 2.05) is 0 Å². The van der Waals surface area contributed by atoms with Gasteiger partial charge in [0.05, 0.1) is 5.25 Å². The summed E-state index contributed by atoms with van der Waals surface area (Å²) in [6, 6.07) is 7.24. The lowest BCUT2D eigenvalue weighted by Crippen LogP contribution is -2.14. The molecule has 7 nitrogen and oxygen atoms in total. The maximum atomic E-state index is 14.0. The molecule has 0 saturated heterocycles. The predicted octanol–water partition coefficient (Wildman–Crippen LogP) is 4.34. The number of nitrogens with zero attached hydrogens (tertiary/aromatic N) is 3. The Morgan fingerprint density at radius 2 is 1.89 bits per heavy atom. The van der Waals surface area contributed by atoms with Crippen molar-refractivity contribution in [3.63, 3.8) is 0 Å². The first-order chi connectivity index (χ1) is 12.7. The van der Waals surface area contributed by atoms with Gasteiger partial charge >= 0.3 is 13.3 Å². The number of benzene rings is 1. The van der Waals surface area contributed by atoms with E-state index in [1.54, 1.807) is 24.5 Å². The predicted molar refractivity (Wildman–Crippen MR) is 96.3 cm³/mol. The summed E-state index contributed by atoms with van der Waals surface area (Å²) in [5.41, 5.74) is -3.72. The second kappa shape index (κ2) is 7.76. The van der Waals surface area contributed by atoms with E-state index < -0.39 is 24.1 Å². The van der Waals surface area contributed by atoms with E-state index in [0.29, 0.717) is 5.56 Å². The highest BCUT2D eigenvalue weighted by atomic mass is 79.9. The number of hydrogen-bond acceptors (Lipinski definition) is 6. The number of pyridine rings is 1. The number of thioether (sulfide) groups is 1. The van der Waals surface area contributed by atoms with Crippen molar-refractivity contribution < 1.29 is 27.5 Å². The summed E-state index contributed by atoms with van der Waals surface area (Å²) in [5.74, 6) is 0. The van der Waals surface area contributed by atoms with Gasteiger partial charge in [0, 0.05) is 22.4 Å². The Morgan fingerprint density at radius 3 is 2.44 bits per heavy atom. The van der Waals surface area contributed by atoms with Crippen LogP contribution < -0.4 is 0 Å². The molecule has 2 aromatic heterocycles. The van der Waals surface area contributed by atoms with E-state index in [0.717, 1.165) is 11.6 Å². The van der Waals surface area contributed by atoms with Crippen molar-refractivity contribution in [1.29, 1.82) is 0 Å². The zero-order valence-electron chi connectivity index (χ0n) is 13.2. The third-order valence-electron chi connectivity index (χ3n) is 3.55. The molecule has 0 spiro atoms. The van der Waals surface area contributed by atoms with Gasteiger partial charge in [-0.05, 0) is 29.3 Å². The number of halogens is 3. The van der Waals surface area contributed by atoms with E-state index in [-0.39, 0.29) is 9.70 Å². The van der Waals surface area contributed by atoms with Crippen LogP contribution in [0.3, 0.4) is 0 Å². The summed E-state index contributed by atoms with van der Waals surface area (Å²) < 4.78 is 44.3. The van der Waals surface area contributed by atoms with E-state index in [1.165, 1.54) is 30.3 Å². The van der Waals surface area contributed by atoms with Gasteiger partial charge < -0.3 is 14.2 Å².